The van der Waals surface area contributed by atoms with Crippen LogP contribution in [0.25, 0.3) is 11.3 Å². The van der Waals surface area contributed by atoms with E-state index in [1.165, 1.54) is 23.1 Å². The van der Waals surface area contributed by atoms with Crippen LogP contribution in [0, 0.1) is 6.92 Å². The molecule has 218 valence electrons. The predicted octanol–water partition coefficient (Wildman–Crippen LogP) is 8.91. The molecule has 5 aromatic rings. The maximum absolute atomic E-state index is 12.7. The van der Waals surface area contributed by atoms with E-state index in [1.807, 2.05) is 60.8 Å². The molecule has 0 saturated carbocycles. The number of ether oxygens (including phenoxy) is 2. The van der Waals surface area contributed by atoms with E-state index in [-0.39, 0.29) is 5.91 Å². The first-order chi connectivity index (χ1) is 20.9. The zero-order chi connectivity index (χ0) is 30.2. The number of carbonyl (C=O) groups excluding carboxylic acids is 1. The van der Waals surface area contributed by atoms with Crippen LogP contribution in [-0.2, 0) is 6.61 Å². The van der Waals surface area contributed by atoms with Gasteiger partial charge in [-0.3, -0.25) is 4.79 Å². The normalized spacial score (nSPS) is 11.0. The minimum atomic E-state index is -0.346. The summed E-state index contributed by atoms with van der Waals surface area (Å²) in [6.07, 6.45) is 1.50. The molecule has 0 saturated heterocycles. The topological polar surface area (TPSA) is 84.8 Å². The third-order valence-corrected chi connectivity index (χ3v) is 7.55. The summed E-state index contributed by atoms with van der Waals surface area (Å²) in [4.78, 5) is 17.4. The summed E-state index contributed by atoms with van der Waals surface area (Å²) in [5.41, 5.74) is 8.52. The number of anilines is 2. The van der Waals surface area contributed by atoms with Gasteiger partial charge >= 0.3 is 0 Å². The number of amides is 1. The number of nitrogens with zero attached hydrogens (tertiary/aromatic N) is 2. The van der Waals surface area contributed by atoms with Crippen molar-refractivity contribution in [3.8, 4) is 22.8 Å². The van der Waals surface area contributed by atoms with Crippen molar-refractivity contribution in [2.24, 2.45) is 5.10 Å². The fraction of sp³-hybridized carbons (Fsp3) is 0.121. The Morgan fingerprint density at radius 2 is 1.72 bits per heavy atom. The molecule has 43 heavy (non-hydrogen) atoms. The van der Waals surface area contributed by atoms with Gasteiger partial charge < -0.3 is 14.8 Å². The molecule has 5 rings (SSSR count). The summed E-state index contributed by atoms with van der Waals surface area (Å²) < 4.78 is 11.7. The Bertz CT molecular complexity index is 1720. The van der Waals surface area contributed by atoms with E-state index in [1.54, 1.807) is 36.4 Å². The average Bonchev–Trinajstić information content (AvgIpc) is 3.47. The SMILES string of the molecule is CCOc1cc(/C=N\NC(=O)c2ccc(-c3csc(Nc4ccc(C)cc4)n3)cc2)cc(Cl)c1OCc1ccc(Cl)cc1. The van der Waals surface area contributed by atoms with Gasteiger partial charge in [0, 0.05) is 27.2 Å². The molecule has 0 aliphatic carbocycles. The van der Waals surface area contributed by atoms with Crippen LogP contribution in [0.4, 0.5) is 10.8 Å². The predicted molar refractivity (Wildman–Crippen MR) is 175 cm³/mol. The van der Waals surface area contributed by atoms with Crippen LogP contribution in [0.15, 0.2) is 95.4 Å². The molecule has 10 heteroatoms. The number of aromatic nitrogens is 1. The van der Waals surface area contributed by atoms with Crippen molar-refractivity contribution >= 4 is 57.5 Å². The van der Waals surface area contributed by atoms with E-state index in [9.17, 15) is 4.79 Å². The number of hydrogen-bond acceptors (Lipinski definition) is 7. The first-order valence-electron chi connectivity index (χ1n) is 13.4. The third kappa shape index (κ3) is 8.14. The van der Waals surface area contributed by atoms with Crippen molar-refractivity contribution in [3.63, 3.8) is 0 Å². The second-order valence-corrected chi connectivity index (χ2v) is 11.2. The highest BCUT2D eigenvalue weighted by Gasteiger charge is 2.13. The smallest absolute Gasteiger partial charge is 0.271 e. The quantitative estimate of drug-likeness (QED) is 0.112. The van der Waals surface area contributed by atoms with Crippen LogP contribution < -0.4 is 20.2 Å². The van der Waals surface area contributed by atoms with E-state index in [2.05, 4.69) is 27.8 Å². The Balaban J connectivity index is 1.19. The van der Waals surface area contributed by atoms with E-state index >= 15 is 0 Å². The fourth-order valence-electron chi connectivity index (χ4n) is 4.05. The van der Waals surface area contributed by atoms with Crippen molar-refractivity contribution in [2.75, 3.05) is 11.9 Å². The molecule has 0 fully saturated rings. The monoisotopic (exact) mass is 630 g/mol. The third-order valence-electron chi connectivity index (χ3n) is 6.26. The van der Waals surface area contributed by atoms with Gasteiger partial charge in [0.15, 0.2) is 16.6 Å². The molecule has 1 amide bonds. The molecule has 0 aliphatic heterocycles. The highest BCUT2D eigenvalue weighted by atomic mass is 35.5. The van der Waals surface area contributed by atoms with Crippen molar-refractivity contribution in [3.05, 3.63) is 123 Å². The van der Waals surface area contributed by atoms with Crippen molar-refractivity contribution in [1.82, 2.24) is 10.4 Å². The molecular formula is C33H28Cl2N4O3S. The van der Waals surface area contributed by atoms with E-state index in [0.717, 1.165) is 27.6 Å². The summed E-state index contributed by atoms with van der Waals surface area (Å²) in [6, 6.07) is 26.2. The van der Waals surface area contributed by atoms with Gasteiger partial charge in [-0.05, 0) is 73.5 Å². The molecular weight excluding hydrogens is 603 g/mol. The second-order valence-electron chi connectivity index (χ2n) is 9.48. The van der Waals surface area contributed by atoms with Crippen molar-refractivity contribution in [2.45, 2.75) is 20.5 Å². The van der Waals surface area contributed by atoms with Crippen LogP contribution in [0.2, 0.25) is 10.0 Å². The number of hydrazone groups is 1. The maximum Gasteiger partial charge on any atom is 0.271 e. The molecule has 4 aromatic carbocycles. The Labute approximate surface area is 264 Å². The van der Waals surface area contributed by atoms with Crippen molar-refractivity contribution in [1.29, 1.82) is 0 Å². The zero-order valence-corrected chi connectivity index (χ0v) is 25.8. The zero-order valence-electron chi connectivity index (χ0n) is 23.4. The van der Waals surface area contributed by atoms with Crippen LogP contribution in [0.1, 0.15) is 34.0 Å². The summed E-state index contributed by atoms with van der Waals surface area (Å²) in [6.45, 7) is 4.65. The number of halogens is 2. The molecule has 7 nitrogen and oxygen atoms in total. The largest absolute Gasteiger partial charge is 0.490 e. The number of thiazole rings is 1. The number of rotatable bonds is 11. The van der Waals surface area contributed by atoms with E-state index in [4.69, 9.17) is 32.7 Å². The summed E-state index contributed by atoms with van der Waals surface area (Å²) in [5.74, 6) is 0.561. The number of aryl methyl sites for hydroxylation is 1. The minimum absolute atomic E-state index is 0.299. The maximum atomic E-state index is 12.7. The Morgan fingerprint density at radius 1 is 0.977 bits per heavy atom. The number of nitrogens with one attached hydrogen (secondary N) is 2. The molecule has 0 aliphatic rings. The molecule has 0 spiro atoms. The lowest BCUT2D eigenvalue weighted by Gasteiger charge is -2.14. The van der Waals surface area contributed by atoms with Gasteiger partial charge in [0.2, 0.25) is 0 Å². The Morgan fingerprint density at radius 3 is 2.44 bits per heavy atom. The molecule has 0 unspecified atom stereocenters. The molecule has 0 bridgehead atoms. The van der Waals surface area contributed by atoms with Gasteiger partial charge in [-0.2, -0.15) is 5.10 Å². The van der Waals surface area contributed by atoms with Gasteiger partial charge in [0.05, 0.1) is 23.5 Å². The second kappa shape index (κ2) is 14.2. The number of benzene rings is 4. The van der Waals surface area contributed by atoms with Gasteiger partial charge in [-0.15, -0.1) is 11.3 Å². The molecule has 0 radical (unpaired) electrons. The average molecular weight is 632 g/mol. The fourth-order valence-corrected chi connectivity index (χ4v) is 5.19. The molecule has 2 N–H and O–H groups in total. The lowest BCUT2D eigenvalue weighted by Crippen LogP contribution is -2.17. The standard InChI is InChI=1S/C33H28Cl2N4O3S/c1-3-41-30-17-23(16-28(35)31(30)42-19-22-6-12-26(34)13-7-22)18-36-39-32(40)25-10-8-24(9-11-25)29-20-43-33(38-29)37-27-14-4-21(2)5-15-27/h4-18,20H,3,19H2,1-2H3,(H,37,38)(H,39,40)/b36-18-. The summed E-state index contributed by atoms with van der Waals surface area (Å²) >= 11 is 14.0. The van der Waals surface area contributed by atoms with Gasteiger partial charge in [-0.1, -0.05) is 65.2 Å². The van der Waals surface area contributed by atoms with Crippen LogP contribution in [-0.4, -0.2) is 23.7 Å². The van der Waals surface area contributed by atoms with Crippen LogP contribution in [0.3, 0.4) is 0 Å². The molecule has 1 heterocycles. The van der Waals surface area contributed by atoms with Gasteiger partial charge in [0.25, 0.3) is 5.91 Å². The van der Waals surface area contributed by atoms with E-state index < -0.39 is 0 Å². The van der Waals surface area contributed by atoms with Crippen LogP contribution >= 0.6 is 34.5 Å². The first-order valence-corrected chi connectivity index (χ1v) is 15.1. The van der Waals surface area contributed by atoms with Gasteiger partial charge in [0.1, 0.15) is 6.61 Å². The highest BCUT2D eigenvalue weighted by molar-refractivity contribution is 7.14. The number of carbonyl (C=O) groups is 1. The molecule has 0 atom stereocenters. The summed E-state index contributed by atoms with van der Waals surface area (Å²) in [7, 11) is 0. The summed E-state index contributed by atoms with van der Waals surface area (Å²) in [5, 5.41) is 11.2. The Kier molecular flexibility index (Phi) is 9.94. The van der Waals surface area contributed by atoms with Crippen LogP contribution in [0.5, 0.6) is 11.5 Å². The van der Waals surface area contributed by atoms with Gasteiger partial charge in [-0.25, -0.2) is 10.4 Å². The first kappa shape index (κ1) is 30.1. The Hall–Kier alpha value is -4.37. The lowest BCUT2D eigenvalue weighted by atomic mass is 10.1. The minimum Gasteiger partial charge on any atom is -0.490 e. The highest BCUT2D eigenvalue weighted by Crippen LogP contribution is 2.37. The molecule has 1 aromatic heterocycles. The van der Waals surface area contributed by atoms with E-state index in [0.29, 0.717) is 45.9 Å². The number of hydrogen-bond donors (Lipinski definition) is 2. The van der Waals surface area contributed by atoms with Crippen molar-refractivity contribution < 1.29 is 14.3 Å². The lowest BCUT2D eigenvalue weighted by molar-refractivity contribution is 0.0955.